The summed E-state index contributed by atoms with van der Waals surface area (Å²) in [6.07, 6.45) is 9.64. The quantitative estimate of drug-likeness (QED) is 0.423. The second kappa shape index (κ2) is 8.08. The Bertz CT molecular complexity index is 1250. The summed E-state index contributed by atoms with van der Waals surface area (Å²) >= 11 is 0. The third-order valence-corrected chi connectivity index (χ3v) is 6.55. The van der Waals surface area contributed by atoms with Gasteiger partial charge in [-0.3, -0.25) is 0 Å². The van der Waals surface area contributed by atoms with E-state index in [2.05, 4.69) is 77.2 Å². The molecule has 32 heavy (non-hydrogen) atoms. The molecule has 4 aromatic rings. The molecule has 1 saturated carbocycles. The molecule has 3 N–H and O–H groups in total. The highest BCUT2D eigenvalue weighted by atomic mass is 15.1. The topological polar surface area (TPSA) is 81.7 Å². The number of nitrogen functional groups attached to an aromatic ring is 1. The molecule has 0 spiro atoms. The van der Waals surface area contributed by atoms with Crippen LogP contribution in [-0.4, -0.2) is 25.1 Å². The molecule has 3 aromatic heterocycles. The molecule has 6 nitrogen and oxygen atoms in total. The molecular formula is C26H32N6. The first kappa shape index (κ1) is 20.7. The largest absolute Gasteiger partial charge is 0.383 e. The van der Waals surface area contributed by atoms with E-state index >= 15 is 0 Å². The summed E-state index contributed by atoms with van der Waals surface area (Å²) in [4.78, 5) is 13.4. The number of benzene rings is 1. The van der Waals surface area contributed by atoms with Crippen molar-refractivity contribution >= 4 is 33.6 Å². The second-order valence-electron chi connectivity index (χ2n) is 10.2. The average Bonchev–Trinajstić information content (AvgIpc) is 3.38. The summed E-state index contributed by atoms with van der Waals surface area (Å²) in [6, 6.07) is 13.5. The summed E-state index contributed by atoms with van der Waals surface area (Å²) in [6.45, 7) is 6.47. The van der Waals surface area contributed by atoms with E-state index in [4.69, 9.17) is 10.7 Å². The van der Waals surface area contributed by atoms with Crippen LogP contribution >= 0.6 is 0 Å². The van der Waals surface area contributed by atoms with E-state index in [0.717, 1.165) is 34.7 Å². The van der Waals surface area contributed by atoms with Crippen molar-refractivity contribution in [3.8, 4) is 0 Å². The van der Waals surface area contributed by atoms with E-state index in [1.54, 1.807) is 6.33 Å². The Labute approximate surface area is 189 Å². The van der Waals surface area contributed by atoms with Crippen LogP contribution in [-0.2, 0) is 6.42 Å². The Morgan fingerprint density at radius 1 is 1.09 bits per heavy atom. The van der Waals surface area contributed by atoms with Gasteiger partial charge in [0.05, 0.1) is 10.9 Å². The molecule has 0 bridgehead atoms. The van der Waals surface area contributed by atoms with E-state index in [1.165, 1.54) is 36.6 Å². The molecule has 6 heteroatoms. The fourth-order valence-electron chi connectivity index (χ4n) is 4.99. The fraction of sp³-hybridized carbons (Fsp3) is 0.423. The van der Waals surface area contributed by atoms with E-state index in [0.29, 0.717) is 11.9 Å². The summed E-state index contributed by atoms with van der Waals surface area (Å²) in [5.74, 6) is 2.23. The predicted molar refractivity (Wildman–Crippen MR) is 132 cm³/mol. The Morgan fingerprint density at radius 3 is 2.78 bits per heavy atom. The lowest BCUT2D eigenvalue weighted by Gasteiger charge is -2.21. The number of fused-ring (bicyclic) bond motifs is 2. The molecule has 1 aliphatic carbocycles. The van der Waals surface area contributed by atoms with Gasteiger partial charge in [-0.25, -0.2) is 15.0 Å². The third-order valence-electron chi connectivity index (χ3n) is 6.55. The highest BCUT2D eigenvalue weighted by Gasteiger charge is 2.27. The monoisotopic (exact) mass is 428 g/mol. The maximum atomic E-state index is 6.01. The van der Waals surface area contributed by atoms with Crippen LogP contribution in [0.1, 0.15) is 58.1 Å². The third kappa shape index (κ3) is 4.27. The Balaban J connectivity index is 1.25. The number of nitrogens with zero attached hydrogens (tertiary/aromatic N) is 4. The number of nitrogens with one attached hydrogen (secondary N) is 1. The van der Waals surface area contributed by atoms with Crippen LogP contribution in [0.15, 0.2) is 48.9 Å². The fourth-order valence-corrected chi connectivity index (χ4v) is 4.99. The predicted octanol–water partition coefficient (Wildman–Crippen LogP) is 5.75. The van der Waals surface area contributed by atoms with Gasteiger partial charge >= 0.3 is 0 Å². The molecule has 0 saturated heterocycles. The SMILES string of the molecule is CC(C)(C)Nc1ccc2ccc(CCC3CCC(n4ccc5c(N)ncnc54)C3)cc2n1. The van der Waals surface area contributed by atoms with Crippen molar-refractivity contribution in [1.82, 2.24) is 19.5 Å². The minimum Gasteiger partial charge on any atom is -0.383 e. The first-order valence-corrected chi connectivity index (χ1v) is 11.6. The molecule has 2 unspecified atom stereocenters. The molecule has 0 amide bonds. The summed E-state index contributed by atoms with van der Waals surface area (Å²) in [5.41, 5.74) is 9.41. The van der Waals surface area contributed by atoms with Crippen LogP contribution in [0.25, 0.3) is 21.9 Å². The van der Waals surface area contributed by atoms with Crippen molar-refractivity contribution < 1.29 is 0 Å². The van der Waals surface area contributed by atoms with Gasteiger partial charge in [0, 0.05) is 23.2 Å². The summed E-state index contributed by atoms with van der Waals surface area (Å²) in [7, 11) is 0. The van der Waals surface area contributed by atoms with Crippen molar-refractivity contribution in [2.24, 2.45) is 5.92 Å². The van der Waals surface area contributed by atoms with Crippen LogP contribution in [0.5, 0.6) is 0 Å². The molecule has 2 atom stereocenters. The van der Waals surface area contributed by atoms with Crippen LogP contribution in [0.2, 0.25) is 0 Å². The van der Waals surface area contributed by atoms with E-state index < -0.39 is 0 Å². The number of pyridine rings is 1. The zero-order chi connectivity index (χ0) is 22.3. The first-order valence-electron chi connectivity index (χ1n) is 11.6. The number of hydrogen-bond donors (Lipinski definition) is 2. The lowest BCUT2D eigenvalue weighted by Crippen LogP contribution is -2.26. The number of nitrogens with two attached hydrogens (primary N) is 1. The molecule has 1 aromatic carbocycles. The minimum atomic E-state index is 0.0000969. The van der Waals surface area contributed by atoms with E-state index in [-0.39, 0.29) is 5.54 Å². The molecule has 1 fully saturated rings. The van der Waals surface area contributed by atoms with Gasteiger partial charge in [-0.15, -0.1) is 0 Å². The molecule has 5 rings (SSSR count). The average molecular weight is 429 g/mol. The maximum absolute atomic E-state index is 6.01. The van der Waals surface area contributed by atoms with Gasteiger partial charge in [-0.05, 0) is 88.6 Å². The number of hydrogen-bond acceptors (Lipinski definition) is 5. The highest BCUT2D eigenvalue weighted by Crippen LogP contribution is 2.39. The maximum Gasteiger partial charge on any atom is 0.145 e. The standard InChI is InChI=1S/C26H32N6/c1-26(2,3)31-23-11-9-19-8-6-18(15-22(19)30-23)5-4-17-7-10-20(14-17)32-13-12-21-24(27)28-16-29-25(21)32/h6,8-9,11-13,15-17,20H,4-5,7,10,14H2,1-3H3,(H,30,31)(H2,27,28,29). The molecule has 1 aliphatic rings. The zero-order valence-electron chi connectivity index (χ0n) is 19.2. The summed E-state index contributed by atoms with van der Waals surface area (Å²) < 4.78 is 2.30. The van der Waals surface area contributed by atoms with Crippen molar-refractivity contribution in [3.05, 3.63) is 54.5 Å². The van der Waals surface area contributed by atoms with Gasteiger partial charge in [0.25, 0.3) is 0 Å². The van der Waals surface area contributed by atoms with Gasteiger partial charge in [0.1, 0.15) is 23.6 Å². The van der Waals surface area contributed by atoms with Crippen LogP contribution in [0.3, 0.4) is 0 Å². The van der Waals surface area contributed by atoms with Gasteiger partial charge in [-0.2, -0.15) is 0 Å². The van der Waals surface area contributed by atoms with Crippen molar-refractivity contribution in [2.75, 3.05) is 11.1 Å². The van der Waals surface area contributed by atoms with Gasteiger partial charge < -0.3 is 15.6 Å². The Hall–Kier alpha value is -3.15. The van der Waals surface area contributed by atoms with Crippen LogP contribution in [0, 0.1) is 5.92 Å². The van der Waals surface area contributed by atoms with Crippen molar-refractivity contribution in [1.29, 1.82) is 0 Å². The Morgan fingerprint density at radius 2 is 1.94 bits per heavy atom. The number of anilines is 2. The summed E-state index contributed by atoms with van der Waals surface area (Å²) in [5, 5.41) is 5.62. The van der Waals surface area contributed by atoms with E-state index in [1.807, 2.05) is 6.07 Å². The molecular weight excluding hydrogens is 396 g/mol. The number of aryl methyl sites for hydroxylation is 1. The molecule has 0 radical (unpaired) electrons. The van der Waals surface area contributed by atoms with Gasteiger partial charge in [0.2, 0.25) is 0 Å². The van der Waals surface area contributed by atoms with Crippen molar-refractivity contribution in [3.63, 3.8) is 0 Å². The first-order chi connectivity index (χ1) is 15.4. The lowest BCUT2D eigenvalue weighted by molar-refractivity contribution is 0.461. The van der Waals surface area contributed by atoms with Crippen LogP contribution in [0.4, 0.5) is 11.6 Å². The molecule has 166 valence electrons. The lowest BCUT2D eigenvalue weighted by atomic mass is 9.97. The zero-order valence-corrected chi connectivity index (χ0v) is 19.2. The van der Waals surface area contributed by atoms with Gasteiger partial charge in [-0.1, -0.05) is 12.1 Å². The van der Waals surface area contributed by atoms with Crippen molar-refractivity contribution in [2.45, 2.75) is 64.5 Å². The van der Waals surface area contributed by atoms with Gasteiger partial charge in [0.15, 0.2) is 0 Å². The van der Waals surface area contributed by atoms with E-state index in [9.17, 15) is 0 Å². The Kier molecular flexibility index (Phi) is 5.24. The normalized spacial score (nSPS) is 19.1. The molecule has 3 heterocycles. The minimum absolute atomic E-state index is 0.0000969. The smallest absolute Gasteiger partial charge is 0.145 e. The second-order valence-corrected chi connectivity index (χ2v) is 10.2. The molecule has 0 aliphatic heterocycles. The number of aromatic nitrogens is 4. The highest BCUT2D eigenvalue weighted by molar-refractivity contribution is 5.86. The van der Waals surface area contributed by atoms with Crippen LogP contribution < -0.4 is 11.1 Å². The number of rotatable bonds is 5.